The molecule has 0 spiro atoms. The molecule has 3 nitrogen and oxygen atoms in total. The number of nitrogens with one attached hydrogen (secondary N) is 1. The van der Waals surface area contributed by atoms with Gasteiger partial charge in [-0.25, -0.2) is 4.72 Å². The van der Waals surface area contributed by atoms with Gasteiger partial charge in [0.05, 0.1) is 24.1 Å². The van der Waals surface area contributed by atoms with Crippen molar-refractivity contribution in [1.82, 2.24) is 4.72 Å². The Bertz CT molecular complexity index is 318. The van der Waals surface area contributed by atoms with Crippen molar-refractivity contribution in [3.05, 3.63) is 22.9 Å². The van der Waals surface area contributed by atoms with Crippen LogP contribution in [0.2, 0.25) is 0 Å². The van der Waals surface area contributed by atoms with E-state index in [1.165, 1.54) is 0 Å². The number of rotatable bonds is 2. The molecule has 1 heterocycles. The number of hydrogen-bond donors (Lipinski definition) is 1. The molecule has 0 aliphatic carbocycles. The van der Waals surface area contributed by atoms with Crippen LogP contribution in [0, 0.1) is 0 Å². The van der Waals surface area contributed by atoms with Crippen molar-refractivity contribution in [1.29, 1.82) is 0 Å². The average Bonchev–Trinajstić information content (AvgIpc) is 2.12. The molecule has 1 aliphatic heterocycles. The van der Waals surface area contributed by atoms with Gasteiger partial charge in [-0.15, -0.1) is 0 Å². The van der Waals surface area contributed by atoms with Crippen molar-refractivity contribution in [3.8, 4) is 0 Å². The Morgan fingerprint density at radius 1 is 1.60 bits per heavy atom. The molecule has 0 saturated carbocycles. The smallest absolute Gasteiger partial charge is 0.142 e. The van der Waals surface area contributed by atoms with Gasteiger partial charge in [0.25, 0.3) is 0 Å². The summed E-state index contributed by atoms with van der Waals surface area (Å²) in [6, 6.07) is 0. The van der Waals surface area contributed by atoms with Gasteiger partial charge in [-0.2, -0.15) is 0 Å². The zero-order valence-electron chi connectivity index (χ0n) is 9.08. The lowest BCUT2D eigenvalue weighted by molar-refractivity contribution is 0.553. The van der Waals surface area contributed by atoms with Crippen molar-refractivity contribution in [2.24, 2.45) is 4.99 Å². The third-order valence-electron chi connectivity index (χ3n) is 1.69. The summed E-state index contributed by atoms with van der Waals surface area (Å²) in [5, 5.41) is 0.687. The van der Waals surface area contributed by atoms with Crippen LogP contribution in [-0.4, -0.2) is 22.1 Å². The first kappa shape index (κ1) is 12.6. The van der Waals surface area contributed by atoms with Crippen molar-refractivity contribution >= 4 is 29.2 Å². The van der Waals surface area contributed by atoms with Crippen molar-refractivity contribution in [2.75, 3.05) is 6.54 Å². The molecule has 1 rings (SSSR count). The van der Waals surface area contributed by atoms with Gasteiger partial charge in [0.2, 0.25) is 0 Å². The third kappa shape index (κ3) is 4.28. The Hall–Kier alpha value is -0.450. The highest BCUT2D eigenvalue weighted by atomic mass is 35.5. The Morgan fingerprint density at radius 2 is 2.27 bits per heavy atom. The highest BCUT2D eigenvalue weighted by Gasteiger charge is 2.25. The van der Waals surface area contributed by atoms with Crippen LogP contribution in [0.1, 0.15) is 20.8 Å². The van der Waals surface area contributed by atoms with E-state index in [-0.39, 0.29) is 4.75 Å². The average molecular weight is 247 g/mol. The van der Waals surface area contributed by atoms with E-state index in [9.17, 15) is 4.55 Å². The number of aliphatic imine (C=N–C) groups is 1. The van der Waals surface area contributed by atoms with Crippen LogP contribution in [0.3, 0.4) is 0 Å². The van der Waals surface area contributed by atoms with Crippen LogP contribution in [-0.2, 0) is 11.4 Å². The maximum Gasteiger partial charge on any atom is 0.142 e. The normalized spacial score (nSPS) is 21.4. The summed E-state index contributed by atoms with van der Waals surface area (Å²) in [7, 11) is 0. The first-order valence-corrected chi connectivity index (χ1v) is 6.16. The molecule has 0 saturated heterocycles. The highest BCUT2D eigenvalue weighted by molar-refractivity contribution is 7.90. The van der Waals surface area contributed by atoms with E-state index in [0.717, 1.165) is 5.57 Å². The molecule has 0 aromatic rings. The van der Waals surface area contributed by atoms with Crippen LogP contribution in [0.5, 0.6) is 0 Å². The van der Waals surface area contributed by atoms with Crippen LogP contribution in [0.4, 0.5) is 0 Å². The Morgan fingerprint density at radius 3 is 2.80 bits per heavy atom. The predicted octanol–water partition coefficient (Wildman–Crippen LogP) is 2.13. The summed E-state index contributed by atoms with van der Waals surface area (Å²) in [6.45, 7) is 6.26. The SMILES string of the molecule is CC(C)(C)[S+]([O-])NC=C1C=NCC(Cl)=C1. The van der Waals surface area contributed by atoms with E-state index >= 15 is 0 Å². The fraction of sp³-hybridized carbons (Fsp3) is 0.500. The van der Waals surface area contributed by atoms with E-state index in [4.69, 9.17) is 11.6 Å². The molecule has 1 aliphatic rings. The van der Waals surface area contributed by atoms with Crippen LogP contribution in [0.15, 0.2) is 27.9 Å². The van der Waals surface area contributed by atoms with Gasteiger partial charge in [0.1, 0.15) is 4.75 Å². The lowest BCUT2D eigenvalue weighted by atomic mass is 10.2. The lowest BCUT2D eigenvalue weighted by Gasteiger charge is -2.22. The van der Waals surface area contributed by atoms with Gasteiger partial charge in [-0.1, -0.05) is 11.6 Å². The maximum atomic E-state index is 11.6. The molecular formula is C10H15ClN2OS. The van der Waals surface area contributed by atoms with Crippen molar-refractivity contribution < 1.29 is 4.55 Å². The molecule has 5 heteroatoms. The van der Waals surface area contributed by atoms with Gasteiger partial charge < -0.3 is 4.55 Å². The minimum atomic E-state index is -1.11. The molecule has 0 radical (unpaired) electrons. The molecule has 0 aromatic carbocycles. The molecule has 1 N–H and O–H groups in total. The summed E-state index contributed by atoms with van der Waals surface area (Å²) in [6.07, 6.45) is 5.19. The minimum absolute atomic E-state index is 0.281. The van der Waals surface area contributed by atoms with Gasteiger partial charge in [0, 0.05) is 16.8 Å². The quantitative estimate of drug-likeness (QED) is 0.759. The number of allylic oxidation sites excluding steroid dienone is 2. The standard InChI is InChI=1S/C10H15ClN2OS/c1-10(2,3)15(14)13-6-8-4-9(11)7-12-5-8/h4-6,13H,7H2,1-3H3. The Labute approximate surface area is 98.6 Å². The second-order valence-electron chi connectivity index (χ2n) is 4.20. The van der Waals surface area contributed by atoms with E-state index in [1.807, 2.05) is 20.8 Å². The maximum absolute atomic E-state index is 11.6. The summed E-state index contributed by atoms with van der Waals surface area (Å²) >= 11 is 4.71. The first-order valence-electron chi connectivity index (χ1n) is 4.64. The van der Waals surface area contributed by atoms with Gasteiger partial charge >= 0.3 is 0 Å². The highest BCUT2D eigenvalue weighted by Crippen LogP contribution is 2.14. The second-order valence-corrected chi connectivity index (χ2v) is 6.69. The molecule has 84 valence electrons. The monoisotopic (exact) mass is 246 g/mol. The molecule has 0 fully saturated rings. The van der Waals surface area contributed by atoms with Crippen molar-refractivity contribution in [2.45, 2.75) is 25.5 Å². The first-order chi connectivity index (χ1) is 6.89. The van der Waals surface area contributed by atoms with Crippen LogP contribution in [0.25, 0.3) is 0 Å². The van der Waals surface area contributed by atoms with Gasteiger partial charge in [-0.05, 0) is 26.8 Å². The Kier molecular flexibility index (Phi) is 4.25. The van der Waals surface area contributed by atoms with E-state index in [2.05, 4.69) is 9.71 Å². The fourth-order valence-electron chi connectivity index (χ4n) is 0.879. The summed E-state index contributed by atoms with van der Waals surface area (Å²) in [4.78, 5) is 4.05. The molecule has 0 aromatic heterocycles. The summed E-state index contributed by atoms with van der Waals surface area (Å²) in [5.41, 5.74) is 0.837. The van der Waals surface area contributed by atoms with Crippen LogP contribution >= 0.6 is 11.6 Å². The number of nitrogens with zero attached hydrogens (tertiary/aromatic N) is 1. The van der Waals surface area contributed by atoms with E-state index in [1.54, 1.807) is 18.5 Å². The summed E-state index contributed by atoms with van der Waals surface area (Å²) < 4.78 is 14.2. The van der Waals surface area contributed by atoms with Gasteiger partial charge in [0.15, 0.2) is 0 Å². The number of dihydropyridines is 1. The van der Waals surface area contributed by atoms with Gasteiger partial charge in [-0.3, -0.25) is 4.99 Å². The molecule has 15 heavy (non-hydrogen) atoms. The molecule has 0 amide bonds. The largest absolute Gasteiger partial charge is 0.593 e. The number of halogens is 1. The second kappa shape index (κ2) is 5.05. The zero-order valence-corrected chi connectivity index (χ0v) is 10.7. The number of hydrogen-bond acceptors (Lipinski definition) is 3. The molecule has 1 unspecified atom stereocenters. The predicted molar refractivity (Wildman–Crippen MR) is 66.4 cm³/mol. The minimum Gasteiger partial charge on any atom is -0.593 e. The lowest BCUT2D eigenvalue weighted by Crippen LogP contribution is -2.36. The molecule has 0 bridgehead atoms. The van der Waals surface area contributed by atoms with E-state index in [0.29, 0.717) is 11.6 Å². The van der Waals surface area contributed by atoms with Crippen LogP contribution < -0.4 is 4.72 Å². The fourth-order valence-corrected chi connectivity index (χ4v) is 1.67. The van der Waals surface area contributed by atoms with Crippen molar-refractivity contribution in [3.63, 3.8) is 0 Å². The third-order valence-corrected chi connectivity index (χ3v) is 3.37. The molecular weight excluding hydrogens is 232 g/mol. The molecule has 1 atom stereocenters. The van der Waals surface area contributed by atoms with E-state index < -0.39 is 11.4 Å². The zero-order chi connectivity index (χ0) is 11.5. The Balaban J connectivity index is 2.58. The summed E-state index contributed by atoms with van der Waals surface area (Å²) in [5.74, 6) is 0. The topological polar surface area (TPSA) is 47.4 Å².